The van der Waals surface area contributed by atoms with Crippen LogP contribution in [0.5, 0.6) is 0 Å². The lowest BCUT2D eigenvalue weighted by atomic mass is 9.87. The summed E-state index contributed by atoms with van der Waals surface area (Å²) >= 11 is 0. The quantitative estimate of drug-likeness (QED) is 0.135. The second-order valence-corrected chi connectivity index (χ2v) is 17.4. The van der Waals surface area contributed by atoms with E-state index in [2.05, 4.69) is 83.8 Å². The van der Waals surface area contributed by atoms with Crippen LogP contribution in [0.15, 0.2) is 206 Å². The molecule has 2 nitrogen and oxygen atoms in total. The van der Waals surface area contributed by atoms with E-state index >= 15 is 8.78 Å². The second kappa shape index (κ2) is 17.3. The molecule has 0 saturated carbocycles. The average molecular weight is 877 g/mol. The molecular formula is C64H42F2N2. The van der Waals surface area contributed by atoms with Gasteiger partial charge in [0.2, 0.25) is 0 Å². The number of para-hydroxylation sites is 2. The van der Waals surface area contributed by atoms with Crippen molar-refractivity contribution in [2.24, 2.45) is 0 Å². The Morgan fingerprint density at radius 2 is 1.12 bits per heavy atom. The standard InChI is InChI=1S/C64H42F2N2/c65-57-41-49(43-19-7-1-8-20-43)39-55(45-23-11-3-12-24-45)63(57)67(51-27-15-5-16-28-51)59-37-33-47-32-36-54-60(38-34-48-31-35-53(59)61(47)62(48)54)68(52-29-17-6-18-30-52)64-56(46-25-13-4-14-26-46)40-50(42-58(64)66)44-21-9-2-10-22-44/h1-11,13,15-23,25,27-32,35-36,39-42H,12,24,34,38H2. The zero-order chi connectivity index (χ0) is 45.6. The summed E-state index contributed by atoms with van der Waals surface area (Å²) in [7, 11) is 0. The fraction of sp³-hybridized carbons (Fsp3) is 0.0625. The van der Waals surface area contributed by atoms with Crippen molar-refractivity contribution >= 4 is 61.3 Å². The van der Waals surface area contributed by atoms with Crippen LogP contribution in [0.25, 0.3) is 66.2 Å². The Kier molecular flexibility index (Phi) is 10.4. The van der Waals surface area contributed by atoms with E-state index in [1.165, 1.54) is 5.56 Å². The molecule has 0 bridgehead atoms. The molecule has 68 heavy (non-hydrogen) atoms. The molecule has 0 spiro atoms. The molecule has 0 radical (unpaired) electrons. The molecule has 2 aliphatic rings. The zero-order valence-electron chi connectivity index (χ0n) is 37.1. The lowest BCUT2D eigenvalue weighted by molar-refractivity contribution is 0.628. The number of hydrogen-bond acceptors (Lipinski definition) is 2. The Morgan fingerprint density at radius 1 is 0.485 bits per heavy atom. The minimum absolute atomic E-state index is 0.331. The molecular weight excluding hydrogens is 835 g/mol. The first-order valence-corrected chi connectivity index (χ1v) is 23.2. The predicted molar refractivity (Wildman–Crippen MR) is 276 cm³/mol. The summed E-state index contributed by atoms with van der Waals surface area (Å²) in [6.45, 7) is 0. The minimum Gasteiger partial charge on any atom is -0.310 e. The highest BCUT2D eigenvalue weighted by Crippen LogP contribution is 2.48. The maximum absolute atomic E-state index is 17.6. The van der Waals surface area contributed by atoms with Gasteiger partial charge in [-0.15, -0.1) is 0 Å². The summed E-state index contributed by atoms with van der Waals surface area (Å²) < 4.78 is 35.2. The predicted octanol–water partition coefficient (Wildman–Crippen LogP) is 16.3. The van der Waals surface area contributed by atoms with Crippen LogP contribution < -0.4 is 15.0 Å². The lowest BCUT2D eigenvalue weighted by Gasteiger charge is -2.33. The molecule has 4 heteroatoms. The highest BCUT2D eigenvalue weighted by atomic mass is 19.1. The summed E-state index contributed by atoms with van der Waals surface area (Å²) in [5.41, 5.74) is 12.2. The summed E-state index contributed by atoms with van der Waals surface area (Å²) in [5.74, 6) is -0.676. The molecule has 0 fully saturated rings. The Hall–Kier alpha value is -8.70. The third kappa shape index (κ3) is 7.16. The Balaban J connectivity index is 1.12. The van der Waals surface area contributed by atoms with Crippen molar-refractivity contribution < 1.29 is 8.78 Å². The van der Waals surface area contributed by atoms with Crippen molar-refractivity contribution in [3.63, 3.8) is 0 Å². The Labute approximate surface area is 395 Å². The number of allylic oxidation sites excluding steroid dienone is 4. The molecule has 0 heterocycles. The van der Waals surface area contributed by atoms with E-state index in [9.17, 15) is 0 Å². The first kappa shape index (κ1) is 40.8. The molecule has 0 aliphatic heterocycles. The van der Waals surface area contributed by atoms with Crippen LogP contribution in [-0.2, 0) is 6.42 Å². The van der Waals surface area contributed by atoms with E-state index in [1.807, 2.05) is 144 Å². The third-order valence-corrected chi connectivity index (χ3v) is 13.4. The fourth-order valence-electron chi connectivity index (χ4n) is 10.3. The maximum Gasteiger partial charge on any atom is 0.148 e. The van der Waals surface area contributed by atoms with Gasteiger partial charge in [-0.2, -0.15) is 0 Å². The smallest absolute Gasteiger partial charge is 0.148 e. The van der Waals surface area contributed by atoms with Crippen molar-refractivity contribution in [2.75, 3.05) is 9.80 Å². The summed E-state index contributed by atoms with van der Waals surface area (Å²) in [5, 5.41) is 4.90. The van der Waals surface area contributed by atoms with Crippen LogP contribution in [0.2, 0.25) is 0 Å². The minimum atomic E-state index is -0.344. The van der Waals surface area contributed by atoms with Crippen LogP contribution >= 0.6 is 0 Å². The highest BCUT2D eigenvalue weighted by Gasteiger charge is 2.30. The highest BCUT2D eigenvalue weighted by molar-refractivity contribution is 6.17. The number of nitrogens with zero attached hydrogens (tertiary/aromatic N) is 2. The SMILES string of the molecule is Fc1cc(-c2ccccc2)cc(-c2c#cccc2)c1N(C1=c2ccc3c#cc(N(c4ccccc4)c4c(F)cc(-c5ccccc5)cc4C4=CC=CCC4)c4ccc(c2c34)CC1)c1ccccc1. The average Bonchev–Trinajstić information content (AvgIpc) is 3.41. The van der Waals surface area contributed by atoms with Crippen LogP contribution in [0.4, 0.5) is 37.2 Å². The third-order valence-electron chi connectivity index (χ3n) is 13.4. The van der Waals surface area contributed by atoms with Gasteiger partial charge in [0.05, 0.1) is 11.4 Å². The van der Waals surface area contributed by atoms with Gasteiger partial charge in [0, 0.05) is 55.1 Å². The number of halogens is 2. The number of aryl methyl sites for hydroxylation is 1. The van der Waals surface area contributed by atoms with E-state index in [1.54, 1.807) is 12.1 Å². The van der Waals surface area contributed by atoms with Crippen LogP contribution in [0.1, 0.15) is 30.4 Å². The summed E-state index contributed by atoms with van der Waals surface area (Å²) in [6, 6.07) is 75.5. The first-order chi connectivity index (χ1) is 33.6. The molecule has 10 aromatic carbocycles. The number of hydrogen-bond donors (Lipinski definition) is 0. The Morgan fingerprint density at radius 3 is 1.75 bits per heavy atom. The van der Waals surface area contributed by atoms with Crippen LogP contribution in [-0.4, -0.2) is 0 Å². The number of anilines is 5. The van der Waals surface area contributed by atoms with Crippen LogP contribution in [0.3, 0.4) is 0 Å². The van der Waals surface area contributed by atoms with E-state index in [0.717, 1.165) is 102 Å². The Bertz CT molecular complexity index is 3620. The second-order valence-electron chi connectivity index (χ2n) is 17.4. The molecule has 0 aromatic heterocycles. The summed E-state index contributed by atoms with van der Waals surface area (Å²) in [4.78, 5) is 4.15. The molecule has 0 N–H and O–H groups in total. The normalized spacial score (nSPS) is 13.0. The van der Waals surface area contributed by atoms with Gasteiger partial charge >= 0.3 is 0 Å². The zero-order valence-corrected chi connectivity index (χ0v) is 37.1. The van der Waals surface area contributed by atoms with E-state index in [4.69, 9.17) is 0 Å². The molecule has 322 valence electrons. The topological polar surface area (TPSA) is 6.48 Å². The largest absolute Gasteiger partial charge is 0.310 e. The molecule has 0 saturated heterocycles. The lowest BCUT2D eigenvalue weighted by Crippen LogP contribution is -2.28. The number of rotatable bonds is 10. The van der Waals surface area contributed by atoms with Gasteiger partial charge in [-0.25, -0.2) is 8.78 Å². The van der Waals surface area contributed by atoms with Gasteiger partial charge in [-0.1, -0.05) is 158 Å². The molecule has 0 amide bonds. The van der Waals surface area contributed by atoms with Crippen molar-refractivity contribution in [3.8, 4) is 33.4 Å². The molecule has 2 aliphatic carbocycles. The van der Waals surface area contributed by atoms with E-state index < -0.39 is 0 Å². The van der Waals surface area contributed by atoms with Gasteiger partial charge in [0.25, 0.3) is 0 Å². The van der Waals surface area contributed by atoms with Gasteiger partial charge < -0.3 is 4.90 Å². The molecule has 10 aromatic rings. The van der Waals surface area contributed by atoms with Crippen molar-refractivity contribution in [1.29, 1.82) is 0 Å². The van der Waals surface area contributed by atoms with Crippen LogP contribution in [0, 0.1) is 35.9 Å². The fourth-order valence-corrected chi connectivity index (χ4v) is 10.3. The van der Waals surface area contributed by atoms with Crippen molar-refractivity contribution in [3.05, 3.63) is 259 Å². The van der Waals surface area contributed by atoms with Gasteiger partial charge in [0.15, 0.2) is 0 Å². The van der Waals surface area contributed by atoms with E-state index in [0.29, 0.717) is 29.0 Å². The monoisotopic (exact) mass is 876 g/mol. The van der Waals surface area contributed by atoms with Gasteiger partial charge in [0.1, 0.15) is 17.3 Å². The van der Waals surface area contributed by atoms with Crippen molar-refractivity contribution in [1.82, 2.24) is 0 Å². The first-order valence-electron chi connectivity index (χ1n) is 23.2. The maximum atomic E-state index is 17.6. The van der Waals surface area contributed by atoms with Crippen molar-refractivity contribution in [2.45, 2.75) is 25.7 Å². The van der Waals surface area contributed by atoms with E-state index in [-0.39, 0.29) is 11.6 Å². The molecule has 0 unspecified atom stereocenters. The summed E-state index contributed by atoms with van der Waals surface area (Å²) in [6.07, 6.45) is 9.38. The van der Waals surface area contributed by atoms with Gasteiger partial charge in [-0.3, -0.25) is 4.90 Å². The number of benzene rings is 8. The molecule has 12 rings (SSSR count). The molecule has 0 atom stereocenters. The van der Waals surface area contributed by atoms with Gasteiger partial charge in [-0.05, 0) is 137 Å².